The van der Waals surface area contributed by atoms with Crippen LogP contribution >= 0.6 is 0 Å². The van der Waals surface area contributed by atoms with Crippen molar-refractivity contribution in [2.75, 3.05) is 5.32 Å². The fourth-order valence-electron chi connectivity index (χ4n) is 2.23. The molecule has 0 fully saturated rings. The van der Waals surface area contributed by atoms with Gasteiger partial charge in [0.2, 0.25) is 0 Å². The molecule has 2 aromatic rings. The molecular weight excluding hydrogens is 316 g/mol. The van der Waals surface area contributed by atoms with E-state index in [1.54, 1.807) is 30.3 Å². The summed E-state index contributed by atoms with van der Waals surface area (Å²) in [5, 5.41) is 15.2. The third-order valence-electron chi connectivity index (χ3n) is 4.15. The largest absolute Gasteiger partial charge is 0.478 e. The summed E-state index contributed by atoms with van der Waals surface area (Å²) in [7, 11) is 0. The van der Waals surface area contributed by atoms with Crippen LogP contribution in [-0.4, -0.2) is 22.5 Å². The summed E-state index contributed by atoms with van der Waals surface area (Å²) < 4.78 is 0. The Morgan fingerprint density at radius 3 is 2.32 bits per heavy atom. The molecule has 5 heteroatoms. The second-order valence-corrected chi connectivity index (χ2v) is 6.63. The highest BCUT2D eigenvalue weighted by atomic mass is 16.4. The summed E-state index contributed by atoms with van der Waals surface area (Å²) >= 11 is 0. The number of carboxylic acids is 1. The first-order chi connectivity index (χ1) is 11.8. The Labute approximate surface area is 148 Å². The van der Waals surface area contributed by atoms with E-state index in [-0.39, 0.29) is 17.0 Å². The fraction of sp³-hybridized carbons (Fsp3) is 0.300. The summed E-state index contributed by atoms with van der Waals surface area (Å²) in [4.78, 5) is 23.2. The lowest BCUT2D eigenvalue weighted by molar-refractivity contribution is 0.0696. The highest BCUT2D eigenvalue weighted by Crippen LogP contribution is 2.14. The zero-order chi connectivity index (χ0) is 18.4. The van der Waals surface area contributed by atoms with Crippen LogP contribution in [0.15, 0.2) is 48.5 Å². The van der Waals surface area contributed by atoms with Crippen LogP contribution in [-0.2, 0) is 6.54 Å². The minimum atomic E-state index is -0.938. The van der Waals surface area contributed by atoms with Gasteiger partial charge in [-0.05, 0) is 62.2 Å². The molecule has 5 nitrogen and oxygen atoms in total. The zero-order valence-corrected chi connectivity index (χ0v) is 14.8. The number of carboxylic acid groups (broad SMARTS) is 1. The standard InChI is InChI=1S/C20H24N2O3/c1-4-20(2,3)22-18(23)15-8-10-17(11-9-15)21-13-14-6-5-7-16(12-14)19(24)25/h5-12,21H,4,13H2,1-3H3,(H,22,23)(H,24,25). The molecule has 3 N–H and O–H groups in total. The summed E-state index contributed by atoms with van der Waals surface area (Å²) in [5.74, 6) is -1.03. The molecule has 25 heavy (non-hydrogen) atoms. The quantitative estimate of drug-likeness (QED) is 0.714. The first kappa shape index (κ1) is 18.5. The van der Waals surface area contributed by atoms with Crippen molar-refractivity contribution < 1.29 is 14.7 Å². The molecule has 0 atom stereocenters. The van der Waals surface area contributed by atoms with E-state index < -0.39 is 5.97 Å². The average Bonchev–Trinajstić information content (AvgIpc) is 2.60. The van der Waals surface area contributed by atoms with E-state index in [4.69, 9.17) is 5.11 Å². The van der Waals surface area contributed by atoms with Crippen molar-refractivity contribution in [3.8, 4) is 0 Å². The van der Waals surface area contributed by atoms with Crippen LogP contribution < -0.4 is 10.6 Å². The highest BCUT2D eigenvalue weighted by Gasteiger charge is 2.18. The number of anilines is 1. The highest BCUT2D eigenvalue weighted by molar-refractivity contribution is 5.95. The third-order valence-corrected chi connectivity index (χ3v) is 4.15. The normalized spacial score (nSPS) is 11.0. The lowest BCUT2D eigenvalue weighted by Crippen LogP contribution is -2.42. The molecule has 0 bridgehead atoms. The summed E-state index contributed by atoms with van der Waals surface area (Å²) in [6, 6.07) is 14.0. The van der Waals surface area contributed by atoms with E-state index in [0.29, 0.717) is 12.1 Å². The SMILES string of the molecule is CCC(C)(C)NC(=O)c1ccc(NCc2cccc(C(=O)O)c2)cc1. The van der Waals surface area contributed by atoms with Crippen molar-refractivity contribution in [2.24, 2.45) is 0 Å². The van der Waals surface area contributed by atoms with Crippen LogP contribution in [0.25, 0.3) is 0 Å². The van der Waals surface area contributed by atoms with Crippen LogP contribution in [0.1, 0.15) is 53.5 Å². The Morgan fingerprint density at radius 1 is 1.04 bits per heavy atom. The minimum Gasteiger partial charge on any atom is -0.478 e. The minimum absolute atomic E-state index is 0.0902. The van der Waals surface area contributed by atoms with Crippen molar-refractivity contribution >= 4 is 17.6 Å². The van der Waals surface area contributed by atoms with Gasteiger partial charge in [0.15, 0.2) is 0 Å². The Balaban J connectivity index is 1.97. The number of rotatable bonds is 7. The first-order valence-corrected chi connectivity index (χ1v) is 8.29. The number of amides is 1. The van der Waals surface area contributed by atoms with Crippen LogP contribution in [0.5, 0.6) is 0 Å². The predicted octanol–water partition coefficient (Wildman–Crippen LogP) is 3.92. The van der Waals surface area contributed by atoms with Crippen molar-refractivity contribution in [1.29, 1.82) is 0 Å². The fourth-order valence-corrected chi connectivity index (χ4v) is 2.23. The molecule has 0 heterocycles. The molecule has 0 saturated heterocycles. The van der Waals surface area contributed by atoms with Gasteiger partial charge in [0.05, 0.1) is 5.56 Å². The van der Waals surface area contributed by atoms with Gasteiger partial charge >= 0.3 is 5.97 Å². The van der Waals surface area contributed by atoms with Gasteiger partial charge in [-0.1, -0.05) is 19.1 Å². The van der Waals surface area contributed by atoms with Crippen molar-refractivity contribution in [1.82, 2.24) is 5.32 Å². The molecule has 132 valence electrons. The Morgan fingerprint density at radius 2 is 1.72 bits per heavy atom. The van der Waals surface area contributed by atoms with Crippen molar-refractivity contribution in [3.63, 3.8) is 0 Å². The molecule has 0 unspecified atom stereocenters. The molecule has 0 aliphatic rings. The van der Waals surface area contributed by atoms with E-state index in [9.17, 15) is 9.59 Å². The first-order valence-electron chi connectivity index (χ1n) is 8.29. The van der Waals surface area contributed by atoms with Gasteiger partial charge < -0.3 is 15.7 Å². The number of carbonyl (C=O) groups excluding carboxylic acids is 1. The zero-order valence-electron chi connectivity index (χ0n) is 14.8. The molecule has 2 aromatic carbocycles. The summed E-state index contributed by atoms with van der Waals surface area (Å²) in [5.41, 5.74) is 2.40. The number of aromatic carboxylic acids is 1. The number of hydrogen-bond donors (Lipinski definition) is 3. The van der Waals surface area contributed by atoms with Gasteiger partial charge in [-0.3, -0.25) is 4.79 Å². The predicted molar refractivity (Wildman–Crippen MR) is 99.0 cm³/mol. The monoisotopic (exact) mass is 340 g/mol. The van der Waals surface area contributed by atoms with Crippen LogP contribution in [0.2, 0.25) is 0 Å². The number of hydrogen-bond acceptors (Lipinski definition) is 3. The Bertz CT molecular complexity index is 752. The van der Waals surface area contributed by atoms with Crippen molar-refractivity contribution in [2.45, 2.75) is 39.3 Å². The van der Waals surface area contributed by atoms with Gasteiger partial charge in [-0.15, -0.1) is 0 Å². The molecule has 0 saturated carbocycles. The van der Waals surface area contributed by atoms with Crippen LogP contribution in [0.4, 0.5) is 5.69 Å². The topological polar surface area (TPSA) is 78.4 Å². The van der Waals surface area contributed by atoms with Crippen molar-refractivity contribution in [3.05, 3.63) is 65.2 Å². The van der Waals surface area contributed by atoms with E-state index in [1.165, 1.54) is 0 Å². The van der Waals surface area contributed by atoms with Gasteiger partial charge in [0, 0.05) is 23.3 Å². The van der Waals surface area contributed by atoms with Crippen LogP contribution in [0, 0.1) is 0 Å². The molecule has 0 aliphatic heterocycles. The molecule has 0 spiro atoms. The number of nitrogens with one attached hydrogen (secondary N) is 2. The van der Waals surface area contributed by atoms with E-state index >= 15 is 0 Å². The molecule has 0 radical (unpaired) electrons. The average molecular weight is 340 g/mol. The van der Waals surface area contributed by atoms with Gasteiger partial charge in [-0.2, -0.15) is 0 Å². The van der Waals surface area contributed by atoms with Gasteiger partial charge in [0.25, 0.3) is 5.91 Å². The maximum atomic E-state index is 12.2. The summed E-state index contributed by atoms with van der Waals surface area (Å²) in [6.45, 7) is 6.53. The van der Waals surface area contributed by atoms with Gasteiger partial charge in [0.1, 0.15) is 0 Å². The second-order valence-electron chi connectivity index (χ2n) is 6.63. The number of benzene rings is 2. The molecule has 0 aromatic heterocycles. The smallest absolute Gasteiger partial charge is 0.335 e. The Kier molecular flexibility index (Phi) is 5.80. The van der Waals surface area contributed by atoms with Crippen LogP contribution in [0.3, 0.4) is 0 Å². The molecule has 1 amide bonds. The van der Waals surface area contributed by atoms with Gasteiger partial charge in [-0.25, -0.2) is 4.79 Å². The van der Waals surface area contributed by atoms with E-state index in [0.717, 1.165) is 17.7 Å². The Hall–Kier alpha value is -2.82. The molecule has 2 rings (SSSR count). The number of carbonyl (C=O) groups is 2. The van der Waals surface area contributed by atoms with E-state index in [1.807, 2.05) is 39.0 Å². The lowest BCUT2D eigenvalue weighted by atomic mass is 10.0. The van der Waals surface area contributed by atoms with E-state index in [2.05, 4.69) is 10.6 Å². The lowest BCUT2D eigenvalue weighted by Gasteiger charge is -2.24. The molecule has 0 aliphatic carbocycles. The third kappa shape index (κ3) is 5.35. The maximum absolute atomic E-state index is 12.2. The summed E-state index contributed by atoms with van der Waals surface area (Å²) in [6.07, 6.45) is 0.855. The second kappa shape index (κ2) is 7.83. The molecular formula is C20H24N2O3. The maximum Gasteiger partial charge on any atom is 0.335 e.